The first kappa shape index (κ1) is 14.6. The second-order valence-corrected chi connectivity index (χ2v) is 5.70. The van der Waals surface area contributed by atoms with E-state index in [9.17, 15) is 0 Å². The number of aromatic nitrogens is 5. The second kappa shape index (κ2) is 5.99. The van der Waals surface area contributed by atoms with Crippen LogP contribution in [0.15, 0.2) is 65.8 Å². The minimum Gasteiger partial charge on any atom is -0.485 e. The fourth-order valence-electron chi connectivity index (χ4n) is 2.69. The Labute approximate surface area is 148 Å². The lowest BCUT2D eigenvalue weighted by Crippen LogP contribution is -2.21. The number of benzene rings is 1. The Kier molecular flexibility index (Phi) is 3.38. The lowest BCUT2D eigenvalue weighted by atomic mass is 10.2. The lowest BCUT2D eigenvalue weighted by Gasteiger charge is -2.23. The van der Waals surface area contributed by atoms with Gasteiger partial charge in [0.05, 0.1) is 0 Å². The number of nitrogens with zero attached hydrogens (tertiary/aromatic N) is 5. The molecular formula is C18H13N5O3. The number of hydrogen-bond acceptors (Lipinski definition) is 7. The fraction of sp³-hybridized carbons (Fsp3) is 0.111. The van der Waals surface area contributed by atoms with E-state index < -0.39 is 6.10 Å². The first-order chi connectivity index (χ1) is 12.9. The average Bonchev–Trinajstić information content (AvgIpc) is 3.40. The van der Waals surface area contributed by atoms with Crippen LogP contribution in [0, 0.1) is 0 Å². The van der Waals surface area contributed by atoms with Crippen LogP contribution in [-0.2, 0) is 0 Å². The van der Waals surface area contributed by atoms with Crippen molar-refractivity contribution in [1.82, 2.24) is 24.7 Å². The van der Waals surface area contributed by atoms with E-state index in [2.05, 4.69) is 20.1 Å². The first-order valence-corrected chi connectivity index (χ1v) is 8.04. The maximum Gasteiger partial charge on any atom is 0.271 e. The summed E-state index contributed by atoms with van der Waals surface area (Å²) < 4.78 is 18.8. The highest BCUT2D eigenvalue weighted by Gasteiger charge is 2.27. The van der Waals surface area contributed by atoms with E-state index in [0.717, 1.165) is 11.4 Å². The Morgan fingerprint density at radius 3 is 2.81 bits per heavy atom. The van der Waals surface area contributed by atoms with Crippen LogP contribution in [0.1, 0.15) is 12.0 Å². The molecule has 128 valence electrons. The third kappa shape index (κ3) is 2.57. The molecule has 0 spiro atoms. The molecule has 8 heteroatoms. The topological polar surface area (TPSA) is 88.1 Å². The number of rotatable bonds is 3. The molecule has 1 atom stereocenters. The van der Waals surface area contributed by atoms with Gasteiger partial charge in [0, 0.05) is 24.2 Å². The summed E-state index contributed by atoms with van der Waals surface area (Å²) in [7, 11) is 0. The van der Waals surface area contributed by atoms with Crippen molar-refractivity contribution >= 4 is 0 Å². The number of hydrogen-bond donors (Lipinski definition) is 0. The zero-order chi connectivity index (χ0) is 17.3. The minimum absolute atomic E-state index is 0.316. The van der Waals surface area contributed by atoms with E-state index in [1.807, 2.05) is 47.2 Å². The summed E-state index contributed by atoms with van der Waals surface area (Å²) in [5, 5.41) is 4.03. The molecule has 4 aromatic rings. The third-order valence-corrected chi connectivity index (χ3v) is 4.00. The van der Waals surface area contributed by atoms with Gasteiger partial charge in [0.25, 0.3) is 5.89 Å². The van der Waals surface area contributed by atoms with Gasteiger partial charge in [-0.15, -0.1) is 0 Å². The zero-order valence-corrected chi connectivity index (χ0v) is 13.5. The van der Waals surface area contributed by atoms with Crippen molar-refractivity contribution in [1.29, 1.82) is 0 Å². The molecule has 5 rings (SSSR count). The van der Waals surface area contributed by atoms with E-state index in [1.54, 1.807) is 18.7 Å². The molecule has 1 aliphatic heterocycles. The van der Waals surface area contributed by atoms with E-state index in [4.69, 9.17) is 14.0 Å². The third-order valence-electron chi connectivity index (χ3n) is 4.00. The number of para-hydroxylation sites is 2. The van der Waals surface area contributed by atoms with E-state index >= 15 is 0 Å². The first-order valence-electron chi connectivity index (χ1n) is 8.04. The van der Waals surface area contributed by atoms with Crippen molar-refractivity contribution in [3.05, 3.63) is 67.2 Å². The smallest absolute Gasteiger partial charge is 0.271 e. The van der Waals surface area contributed by atoms with Crippen LogP contribution in [0.3, 0.4) is 0 Å². The highest BCUT2D eigenvalue weighted by molar-refractivity contribution is 5.53. The summed E-state index contributed by atoms with van der Waals surface area (Å²) >= 11 is 0. The quantitative estimate of drug-likeness (QED) is 0.563. The number of pyridine rings is 1. The van der Waals surface area contributed by atoms with Gasteiger partial charge in [-0.05, 0) is 24.3 Å². The van der Waals surface area contributed by atoms with Crippen LogP contribution in [0.4, 0.5) is 0 Å². The SMILES string of the molecule is c1ccc2c(c1)OC[C@H](c1nc(-c3ccc(-n4ccnc4)nc3)no1)O2. The van der Waals surface area contributed by atoms with Crippen LogP contribution in [0.2, 0.25) is 0 Å². The Balaban J connectivity index is 1.37. The number of ether oxygens (including phenoxy) is 2. The summed E-state index contributed by atoms with van der Waals surface area (Å²) in [6, 6.07) is 11.2. The van der Waals surface area contributed by atoms with Crippen molar-refractivity contribution in [2.24, 2.45) is 0 Å². The van der Waals surface area contributed by atoms with Gasteiger partial charge in [-0.2, -0.15) is 4.98 Å². The van der Waals surface area contributed by atoms with Crippen LogP contribution >= 0.6 is 0 Å². The predicted molar refractivity (Wildman–Crippen MR) is 90.0 cm³/mol. The Bertz CT molecular complexity index is 1030. The summed E-state index contributed by atoms with van der Waals surface area (Å²) in [4.78, 5) is 12.8. The number of fused-ring (bicyclic) bond motifs is 1. The molecule has 0 radical (unpaired) electrons. The molecule has 0 saturated carbocycles. The number of imidazole rings is 1. The molecule has 0 amide bonds. The van der Waals surface area contributed by atoms with Gasteiger partial charge in [-0.3, -0.25) is 4.57 Å². The molecule has 4 heterocycles. The summed E-state index contributed by atoms with van der Waals surface area (Å²) in [5.41, 5.74) is 0.751. The molecule has 0 N–H and O–H groups in total. The molecule has 8 nitrogen and oxygen atoms in total. The van der Waals surface area contributed by atoms with Crippen molar-refractivity contribution in [2.75, 3.05) is 6.61 Å². The molecule has 0 bridgehead atoms. The van der Waals surface area contributed by atoms with Crippen molar-refractivity contribution < 1.29 is 14.0 Å². The van der Waals surface area contributed by atoms with Crippen LogP contribution in [-0.4, -0.2) is 31.3 Å². The molecule has 0 unspecified atom stereocenters. The average molecular weight is 347 g/mol. The predicted octanol–water partition coefficient (Wildman–Crippen LogP) is 2.83. The normalized spacial score (nSPS) is 15.8. The van der Waals surface area contributed by atoms with Gasteiger partial charge in [0.1, 0.15) is 18.8 Å². The Hall–Kier alpha value is -3.68. The maximum absolute atomic E-state index is 5.89. The lowest BCUT2D eigenvalue weighted by molar-refractivity contribution is 0.0665. The highest BCUT2D eigenvalue weighted by atomic mass is 16.6. The maximum atomic E-state index is 5.89. The van der Waals surface area contributed by atoms with Gasteiger partial charge in [-0.1, -0.05) is 17.3 Å². The van der Waals surface area contributed by atoms with Gasteiger partial charge < -0.3 is 14.0 Å². The van der Waals surface area contributed by atoms with Crippen LogP contribution in [0.5, 0.6) is 11.5 Å². The standard InChI is InChI=1S/C18H13N5O3/c1-2-4-14-13(3-1)24-10-15(25-14)18-21-17(22-26-18)12-5-6-16(20-9-12)23-8-7-19-11-23/h1-9,11,15H,10H2/t15-/m1/s1. The van der Waals surface area contributed by atoms with Crippen LogP contribution in [0.25, 0.3) is 17.2 Å². The Morgan fingerprint density at radius 2 is 2.00 bits per heavy atom. The zero-order valence-electron chi connectivity index (χ0n) is 13.5. The minimum atomic E-state index is -0.440. The Morgan fingerprint density at radius 1 is 1.08 bits per heavy atom. The van der Waals surface area contributed by atoms with Gasteiger partial charge >= 0.3 is 0 Å². The molecule has 0 aliphatic carbocycles. The fourth-order valence-corrected chi connectivity index (χ4v) is 2.69. The molecule has 0 fully saturated rings. The van der Waals surface area contributed by atoms with Crippen molar-refractivity contribution in [2.45, 2.75) is 6.10 Å². The van der Waals surface area contributed by atoms with E-state index in [0.29, 0.717) is 29.8 Å². The van der Waals surface area contributed by atoms with Crippen molar-refractivity contribution in [3.63, 3.8) is 0 Å². The van der Waals surface area contributed by atoms with E-state index in [-0.39, 0.29) is 0 Å². The van der Waals surface area contributed by atoms with Crippen molar-refractivity contribution in [3.8, 4) is 28.7 Å². The summed E-state index contributed by atoms with van der Waals surface area (Å²) in [6.07, 6.45) is 6.46. The molecule has 0 saturated heterocycles. The molecule has 3 aromatic heterocycles. The summed E-state index contributed by atoms with van der Waals surface area (Å²) in [5.74, 6) is 2.95. The second-order valence-electron chi connectivity index (χ2n) is 5.70. The van der Waals surface area contributed by atoms with Gasteiger partial charge in [0.2, 0.25) is 11.9 Å². The molecule has 26 heavy (non-hydrogen) atoms. The largest absolute Gasteiger partial charge is 0.485 e. The summed E-state index contributed by atoms with van der Waals surface area (Å²) in [6.45, 7) is 0.316. The van der Waals surface area contributed by atoms with Gasteiger partial charge in [-0.25, -0.2) is 9.97 Å². The molecule has 1 aliphatic rings. The van der Waals surface area contributed by atoms with Crippen LogP contribution < -0.4 is 9.47 Å². The molecular weight excluding hydrogens is 334 g/mol. The van der Waals surface area contributed by atoms with Gasteiger partial charge in [0.15, 0.2) is 11.5 Å². The highest BCUT2D eigenvalue weighted by Crippen LogP contribution is 2.35. The molecule has 1 aromatic carbocycles. The monoisotopic (exact) mass is 347 g/mol. The van der Waals surface area contributed by atoms with E-state index in [1.165, 1.54) is 0 Å².